The average Bonchev–Trinajstić information content (AvgIpc) is 1.55. The largest absolute Gasteiger partial charge is 0.456 e. The summed E-state index contributed by atoms with van der Waals surface area (Å²) in [6, 6.07) is 125. The first-order valence-corrected chi connectivity index (χ1v) is 49.5. The first-order valence-electron chi connectivity index (χ1n) is 49.5. The van der Waals surface area contributed by atoms with Gasteiger partial charge < -0.3 is 17.7 Å². The highest BCUT2D eigenvalue weighted by Gasteiger charge is 2.44. The third-order valence-electron chi connectivity index (χ3n) is 31.4. The van der Waals surface area contributed by atoms with E-state index in [1.54, 1.807) is 12.4 Å². The number of furan rings is 4. The third-order valence-corrected chi connectivity index (χ3v) is 31.4. The second-order valence-corrected chi connectivity index (χ2v) is 41.4. The molecule has 16 aromatic carbocycles. The Labute approximate surface area is 835 Å². The topological polar surface area (TPSA) is 194 Å². The number of hydrogen-bond donors (Lipinski definition) is 0. The van der Waals surface area contributed by atoms with Gasteiger partial charge in [-0.3, -0.25) is 9.97 Å². The molecule has 5 aliphatic rings. The predicted molar refractivity (Wildman–Crippen MR) is 581 cm³/mol. The summed E-state index contributed by atoms with van der Waals surface area (Å²) in [5.74, 6) is 5.45. The van der Waals surface area contributed by atoms with Gasteiger partial charge in [-0.15, -0.1) is 0 Å². The monoisotopic (exact) mass is 1870 g/mol. The molecule has 0 amide bonds. The van der Waals surface area contributed by atoms with Crippen LogP contribution >= 0.6 is 0 Å². The van der Waals surface area contributed by atoms with E-state index in [4.69, 9.17) is 62.5 Å². The molecular weight excluding hydrogens is 1780 g/mol. The first kappa shape index (κ1) is 85.1. The number of nitrogens with zero attached hydrogens (tertiary/aromatic N) is 11. The summed E-state index contributed by atoms with van der Waals surface area (Å²) in [5.41, 5.74) is 39.4. The van der Waals surface area contributed by atoms with Crippen molar-refractivity contribution in [2.75, 3.05) is 0 Å². The Morgan fingerprint density at radius 2 is 0.455 bits per heavy atom. The molecule has 0 bridgehead atoms. The lowest BCUT2D eigenvalue weighted by atomic mass is 9.81. The lowest BCUT2D eigenvalue weighted by Crippen LogP contribution is -2.15. The molecule has 0 fully saturated rings. The van der Waals surface area contributed by atoms with Gasteiger partial charge in [0.2, 0.25) is 0 Å². The van der Waals surface area contributed by atoms with Crippen molar-refractivity contribution in [2.45, 2.75) is 96.3 Å². The standard InChI is InChI=1S/C51H35N3O2.C44H32N4O.C35H24N4O/c1-50(2)37-17-8-5-12-30(37)31-22-20-28(26-39(31)50)47-52-48(54-49(53-47)36-16-11-15-33-32-13-6-9-18-41(32)56-46(33)36)29-21-23-34-40(27-29)51(3,4)38-24-25-43-45(44(34)38)35-14-7-10-19-42(35)55-43;1-43(2)31-13-7-5-11-27(31)28-18-16-25(23-33(28)43)40-46-41(48-42(47-40)35-14-9-10-22-45-35)26-17-19-29-34(24-26)44(3,4)32-20-21-37-39(38(29)32)30-12-6-8-15-36(30)49-37;1-35(2)25-17-18-29-31(24-12-6-7-14-28(24)40-29)30(25)23-16-15-22(20-26(23)35)33-37-32(21-10-4-3-5-11-21)38-34(39-33)27-13-8-9-19-36-27/h5-27H,1-4H3;5-24H,1-4H3;3-20H,1-2H3. The van der Waals surface area contributed by atoms with Gasteiger partial charge in [0.25, 0.3) is 0 Å². The fourth-order valence-electron chi connectivity index (χ4n) is 24.0. The summed E-state index contributed by atoms with van der Waals surface area (Å²) in [7, 11) is 0. The van der Waals surface area contributed by atoms with E-state index in [1.165, 1.54) is 127 Å². The predicted octanol–water partition coefficient (Wildman–Crippen LogP) is 32.5. The second kappa shape index (κ2) is 31.5. The number of benzene rings is 16. The zero-order valence-corrected chi connectivity index (χ0v) is 81.3. The molecule has 145 heavy (non-hydrogen) atoms. The van der Waals surface area contributed by atoms with Crippen molar-refractivity contribution in [3.8, 4) is 158 Å². The second-order valence-electron chi connectivity index (χ2n) is 41.4. The summed E-state index contributed by atoms with van der Waals surface area (Å²) in [5, 5.41) is 9.05. The van der Waals surface area contributed by atoms with Gasteiger partial charge in [-0.2, -0.15) is 0 Å². The molecule has 15 heteroatoms. The van der Waals surface area contributed by atoms with Crippen LogP contribution in [0.4, 0.5) is 0 Å². The van der Waals surface area contributed by atoms with Crippen LogP contribution in [0.2, 0.25) is 0 Å². The molecule has 9 aromatic heterocycles. The van der Waals surface area contributed by atoms with Crippen LogP contribution in [0.1, 0.15) is 125 Å². The van der Waals surface area contributed by atoms with Crippen molar-refractivity contribution < 1.29 is 17.7 Å². The SMILES string of the molecule is CC1(C)c2cc(-c3nc(-c4ccccc4)nc(-c4ccccn4)n3)ccc2-c2c1ccc1oc3ccccc3c21.CC1(C)c2ccccc2-c2ccc(-c3nc(-c4ccc5c(c4)C(C)(C)c4ccc6oc7ccccc7c6c4-5)nc(-c4cccc5c4oc4ccccc45)n3)cc21.CC1(C)c2ccccc2-c2ccc(-c3nc(-c4ccc5c(c4)C(C)(C)c4ccc6oc7ccccc7c6c4-5)nc(-c4ccccn4)n3)cc21. The number of rotatable bonds is 9. The Balaban J connectivity index is 0.000000107. The molecule has 0 saturated heterocycles. The third kappa shape index (κ3) is 13.0. The minimum Gasteiger partial charge on any atom is -0.456 e. The van der Waals surface area contributed by atoms with Gasteiger partial charge in [-0.1, -0.05) is 324 Å². The molecule has 25 aromatic rings. The highest BCUT2D eigenvalue weighted by Crippen LogP contribution is 2.60. The Hall–Kier alpha value is -18.0. The lowest BCUT2D eigenvalue weighted by Gasteiger charge is -2.22. The average molecular weight is 1870 g/mol. The molecule has 30 rings (SSSR count). The molecule has 0 atom stereocenters. The molecule has 0 aliphatic heterocycles. The van der Waals surface area contributed by atoms with Crippen molar-refractivity contribution in [1.82, 2.24) is 54.8 Å². The molecule has 15 nitrogen and oxygen atoms in total. The Morgan fingerprint density at radius 3 is 0.834 bits per heavy atom. The van der Waals surface area contributed by atoms with E-state index in [-0.39, 0.29) is 27.1 Å². The lowest BCUT2D eigenvalue weighted by molar-refractivity contribution is 0.656. The molecule has 5 aliphatic carbocycles. The van der Waals surface area contributed by atoms with Gasteiger partial charge in [-0.25, -0.2) is 44.9 Å². The normalized spacial score (nSPS) is 14.4. The molecular formula is C130H91N11O4. The van der Waals surface area contributed by atoms with Gasteiger partial charge in [0.15, 0.2) is 52.4 Å². The first-order chi connectivity index (χ1) is 70.6. The minimum absolute atomic E-state index is 0.131. The maximum absolute atomic E-state index is 6.53. The molecule has 0 radical (unpaired) electrons. The fraction of sp³-hybridized carbons (Fsp3) is 0.115. The zero-order valence-electron chi connectivity index (χ0n) is 81.3. The van der Waals surface area contributed by atoms with Crippen LogP contribution in [-0.2, 0) is 27.1 Å². The highest BCUT2D eigenvalue weighted by atomic mass is 16.3. The van der Waals surface area contributed by atoms with E-state index in [2.05, 4.69) is 322 Å². The van der Waals surface area contributed by atoms with E-state index >= 15 is 0 Å². The van der Waals surface area contributed by atoms with Gasteiger partial charge in [0.1, 0.15) is 56.1 Å². The van der Waals surface area contributed by atoms with Gasteiger partial charge in [0, 0.05) is 116 Å². The zero-order chi connectivity index (χ0) is 97.4. The molecule has 9 heterocycles. The Bertz CT molecular complexity index is 9770. The van der Waals surface area contributed by atoms with E-state index in [9.17, 15) is 0 Å². The molecule has 0 unspecified atom stereocenters. The van der Waals surface area contributed by atoms with Crippen LogP contribution in [0.3, 0.4) is 0 Å². The minimum atomic E-state index is -0.258. The maximum Gasteiger partial charge on any atom is 0.182 e. The van der Waals surface area contributed by atoms with Crippen LogP contribution in [0.5, 0.6) is 0 Å². The summed E-state index contributed by atoms with van der Waals surface area (Å²) in [6.07, 6.45) is 3.54. The smallest absolute Gasteiger partial charge is 0.182 e. The Morgan fingerprint density at radius 1 is 0.172 bits per heavy atom. The summed E-state index contributed by atoms with van der Waals surface area (Å²) in [6.45, 7) is 23.0. The maximum atomic E-state index is 6.53. The van der Waals surface area contributed by atoms with E-state index in [1.807, 2.05) is 115 Å². The van der Waals surface area contributed by atoms with Crippen LogP contribution < -0.4 is 0 Å². The van der Waals surface area contributed by atoms with Gasteiger partial charge >= 0.3 is 0 Å². The molecule has 0 spiro atoms. The van der Waals surface area contributed by atoms with Gasteiger partial charge in [-0.05, 0) is 214 Å². The Kier molecular flexibility index (Phi) is 18.5. The molecule has 0 N–H and O–H groups in total. The van der Waals surface area contributed by atoms with Crippen molar-refractivity contribution in [3.63, 3.8) is 0 Å². The van der Waals surface area contributed by atoms with Gasteiger partial charge in [0.05, 0.1) is 5.56 Å². The van der Waals surface area contributed by atoms with Crippen molar-refractivity contribution in [1.29, 1.82) is 0 Å². The summed E-state index contributed by atoms with van der Waals surface area (Å²) in [4.78, 5) is 54.8. The van der Waals surface area contributed by atoms with Crippen LogP contribution in [0, 0.1) is 0 Å². The molecule has 0 saturated carbocycles. The number of pyridine rings is 2. The van der Waals surface area contributed by atoms with Crippen molar-refractivity contribution >= 4 is 87.8 Å². The van der Waals surface area contributed by atoms with E-state index in [0.717, 1.165) is 111 Å². The van der Waals surface area contributed by atoms with Crippen molar-refractivity contribution in [2.24, 2.45) is 0 Å². The number of hydrogen-bond acceptors (Lipinski definition) is 15. The van der Waals surface area contributed by atoms with Crippen LogP contribution in [0.15, 0.2) is 388 Å². The number of para-hydroxylation sites is 5. The number of aromatic nitrogens is 11. The van der Waals surface area contributed by atoms with E-state index in [0.29, 0.717) is 63.8 Å². The fourth-order valence-corrected chi connectivity index (χ4v) is 24.0. The molecule has 690 valence electrons. The number of fused-ring (bicyclic) bond motifs is 30. The highest BCUT2D eigenvalue weighted by molar-refractivity contribution is 6.18. The van der Waals surface area contributed by atoms with Crippen LogP contribution in [0.25, 0.3) is 246 Å². The van der Waals surface area contributed by atoms with Crippen molar-refractivity contribution in [3.05, 3.63) is 426 Å². The quantitative estimate of drug-likeness (QED) is 0.132. The summed E-state index contributed by atoms with van der Waals surface area (Å²) >= 11 is 0. The van der Waals surface area contributed by atoms with Crippen LogP contribution in [-0.4, -0.2) is 54.8 Å². The van der Waals surface area contributed by atoms with E-state index < -0.39 is 0 Å². The summed E-state index contributed by atoms with van der Waals surface area (Å²) < 4.78 is 25.4.